The Morgan fingerprint density at radius 3 is 3.09 bits per heavy atom. The van der Waals surface area contributed by atoms with Crippen LogP contribution in [0.3, 0.4) is 0 Å². The lowest BCUT2D eigenvalue weighted by Gasteiger charge is -2.13. The van der Waals surface area contributed by atoms with Crippen LogP contribution in [0.4, 0.5) is 5.95 Å². The molecule has 23 heavy (non-hydrogen) atoms. The van der Waals surface area contributed by atoms with Crippen molar-refractivity contribution in [3.63, 3.8) is 0 Å². The number of rotatable bonds is 7. The Hall–Kier alpha value is -2.12. The summed E-state index contributed by atoms with van der Waals surface area (Å²) in [6.45, 7) is 1.91. The molecule has 2 heterocycles. The maximum absolute atomic E-state index is 12.2. The monoisotopic (exact) mass is 318 g/mol. The van der Waals surface area contributed by atoms with Gasteiger partial charge in [0.05, 0.1) is 23.7 Å². The van der Waals surface area contributed by atoms with Gasteiger partial charge in [0.25, 0.3) is 0 Å². The van der Waals surface area contributed by atoms with Crippen LogP contribution in [-0.4, -0.2) is 53.0 Å². The first kappa shape index (κ1) is 15.8. The van der Waals surface area contributed by atoms with Gasteiger partial charge in [0.1, 0.15) is 6.54 Å². The molecule has 0 spiro atoms. The van der Waals surface area contributed by atoms with E-state index in [1.165, 1.54) is 0 Å². The summed E-state index contributed by atoms with van der Waals surface area (Å²) in [7, 11) is 0. The fraction of sp³-hybridized carbons (Fsp3) is 0.500. The molecule has 1 aliphatic rings. The van der Waals surface area contributed by atoms with Gasteiger partial charge >= 0.3 is 0 Å². The van der Waals surface area contributed by atoms with E-state index in [0.717, 1.165) is 30.5 Å². The summed E-state index contributed by atoms with van der Waals surface area (Å²) in [5.74, 6) is 0.517. The van der Waals surface area contributed by atoms with Gasteiger partial charge in [-0.2, -0.15) is 0 Å². The summed E-state index contributed by atoms with van der Waals surface area (Å²) in [6.07, 6.45) is 2.19. The normalized spacial score (nSPS) is 17.5. The number of hydrogen-bond acceptors (Lipinski definition) is 5. The van der Waals surface area contributed by atoms with Crippen molar-refractivity contribution in [1.29, 1.82) is 0 Å². The Kier molecular flexibility index (Phi) is 5.09. The number of carbonyl (C=O) groups is 1. The fourth-order valence-corrected chi connectivity index (χ4v) is 2.77. The molecule has 1 aromatic carbocycles. The predicted molar refractivity (Wildman–Crippen MR) is 87.3 cm³/mol. The second kappa shape index (κ2) is 7.43. The number of aromatic nitrogens is 2. The van der Waals surface area contributed by atoms with Gasteiger partial charge in [-0.15, -0.1) is 0 Å². The number of benzene rings is 1. The van der Waals surface area contributed by atoms with Crippen molar-refractivity contribution in [3.05, 3.63) is 24.3 Å². The standard InChI is InChI=1S/C16H22N4O3/c21-8-7-17-16-19-13-5-1-2-6-14(13)20(16)11-15(22)18-10-12-4-3-9-23-12/h1-2,5-6,12,21H,3-4,7-11H2,(H,17,19)(H,18,22)/t12-/m0/s1. The van der Waals surface area contributed by atoms with E-state index in [9.17, 15) is 4.79 Å². The molecule has 0 saturated carbocycles. The summed E-state index contributed by atoms with van der Waals surface area (Å²) >= 11 is 0. The van der Waals surface area contributed by atoms with Crippen molar-refractivity contribution in [3.8, 4) is 0 Å². The predicted octanol–water partition coefficient (Wildman–Crippen LogP) is 0.736. The van der Waals surface area contributed by atoms with Crippen LogP contribution in [0, 0.1) is 0 Å². The number of nitrogens with one attached hydrogen (secondary N) is 2. The van der Waals surface area contributed by atoms with Crippen LogP contribution >= 0.6 is 0 Å². The highest BCUT2D eigenvalue weighted by molar-refractivity contribution is 5.83. The van der Waals surface area contributed by atoms with Gasteiger partial charge in [-0.25, -0.2) is 4.98 Å². The number of carbonyl (C=O) groups excluding carboxylic acids is 1. The second-order valence-corrected chi connectivity index (χ2v) is 5.60. The number of imidazole rings is 1. The van der Waals surface area contributed by atoms with E-state index in [4.69, 9.17) is 9.84 Å². The number of aliphatic hydroxyl groups excluding tert-OH is 1. The summed E-state index contributed by atoms with van der Waals surface area (Å²) < 4.78 is 7.34. The average Bonchev–Trinajstić information content (AvgIpc) is 3.19. The van der Waals surface area contributed by atoms with Crippen LogP contribution in [0.5, 0.6) is 0 Å². The van der Waals surface area contributed by atoms with E-state index >= 15 is 0 Å². The van der Waals surface area contributed by atoms with Crippen LogP contribution in [-0.2, 0) is 16.1 Å². The van der Waals surface area contributed by atoms with Gasteiger partial charge in [-0.3, -0.25) is 4.79 Å². The molecule has 1 amide bonds. The van der Waals surface area contributed by atoms with Crippen molar-refractivity contribution in [2.45, 2.75) is 25.5 Å². The molecule has 0 aliphatic carbocycles. The maximum Gasteiger partial charge on any atom is 0.240 e. The second-order valence-electron chi connectivity index (χ2n) is 5.60. The zero-order chi connectivity index (χ0) is 16.1. The van der Waals surface area contributed by atoms with E-state index in [0.29, 0.717) is 19.0 Å². The van der Waals surface area contributed by atoms with Gasteiger partial charge in [0.2, 0.25) is 11.9 Å². The molecule has 1 aromatic heterocycles. The highest BCUT2D eigenvalue weighted by Crippen LogP contribution is 2.19. The minimum atomic E-state index is -0.0734. The lowest BCUT2D eigenvalue weighted by atomic mass is 10.2. The van der Waals surface area contributed by atoms with Gasteiger partial charge in [0.15, 0.2) is 0 Å². The number of para-hydroxylation sites is 2. The van der Waals surface area contributed by atoms with E-state index in [-0.39, 0.29) is 25.2 Å². The zero-order valence-corrected chi connectivity index (χ0v) is 13.0. The molecule has 124 valence electrons. The summed E-state index contributed by atoms with van der Waals surface area (Å²) in [6, 6.07) is 7.66. The van der Waals surface area contributed by atoms with Gasteiger partial charge < -0.3 is 25.0 Å². The van der Waals surface area contributed by atoms with E-state index in [1.54, 1.807) is 0 Å². The fourth-order valence-electron chi connectivity index (χ4n) is 2.77. The number of fused-ring (bicyclic) bond motifs is 1. The lowest BCUT2D eigenvalue weighted by Crippen LogP contribution is -2.34. The molecule has 3 rings (SSSR count). The summed E-state index contributed by atoms with van der Waals surface area (Å²) in [4.78, 5) is 16.7. The average molecular weight is 318 g/mol. The Morgan fingerprint density at radius 1 is 1.43 bits per heavy atom. The van der Waals surface area contributed by atoms with Crippen LogP contribution in [0.25, 0.3) is 11.0 Å². The highest BCUT2D eigenvalue weighted by Gasteiger charge is 2.17. The topological polar surface area (TPSA) is 88.4 Å². The number of ether oxygens (including phenoxy) is 1. The third-order valence-electron chi connectivity index (χ3n) is 3.90. The molecular weight excluding hydrogens is 296 g/mol. The first-order valence-corrected chi connectivity index (χ1v) is 7.96. The SMILES string of the molecule is O=C(Cn1c(NCCO)nc2ccccc21)NC[C@@H]1CCCO1. The molecule has 0 radical (unpaired) electrons. The first-order valence-electron chi connectivity index (χ1n) is 7.96. The molecule has 3 N–H and O–H groups in total. The number of nitrogens with zero attached hydrogens (tertiary/aromatic N) is 2. The van der Waals surface area contributed by atoms with Crippen molar-refractivity contribution < 1.29 is 14.6 Å². The molecule has 1 fully saturated rings. The molecule has 1 atom stereocenters. The van der Waals surface area contributed by atoms with Crippen LogP contribution in [0.1, 0.15) is 12.8 Å². The van der Waals surface area contributed by atoms with Gasteiger partial charge in [-0.05, 0) is 25.0 Å². The molecule has 1 aliphatic heterocycles. The lowest BCUT2D eigenvalue weighted by molar-refractivity contribution is -0.122. The minimum Gasteiger partial charge on any atom is -0.395 e. The highest BCUT2D eigenvalue weighted by atomic mass is 16.5. The van der Waals surface area contributed by atoms with Crippen LogP contribution in [0.15, 0.2) is 24.3 Å². The Bertz CT molecular complexity index is 664. The van der Waals surface area contributed by atoms with E-state index in [2.05, 4.69) is 15.6 Å². The van der Waals surface area contributed by atoms with E-state index in [1.807, 2.05) is 28.8 Å². The molecule has 0 bridgehead atoms. The Balaban J connectivity index is 1.70. The van der Waals surface area contributed by atoms with Gasteiger partial charge in [0, 0.05) is 19.7 Å². The third-order valence-corrected chi connectivity index (χ3v) is 3.90. The molecule has 2 aromatic rings. The quantitative estimate of drug-likeness (QED) is 0.701. The molecule has 0 unspecified atom stereocenters. The zero-order valence-electron chi connectivity index (χ0n) is 13.0. The van der Waals surface area contributed by atoms with Crippen molar-refractivity contribution in [2.75, 3.05) is 31.6 Å². The van der Waals surface area contributed by atoms with Crippen LogP contribution in [0.2, 0.25) is 0 Å². The Labute approximate surface area is 134 Å². The maximum atomic E-state index is 12.2. The summed E-state index contributed by atoms with van der Waals surface area (Å²) in [5.41, 5.74) is 1.71. The summed E-state index contributed by atoms with van der Waals surface area (Å²) in [5, 5.41) is 15.0. The third kappa shape index (κ3) is 3.80. The Morgan fingerprint density at radius 2 is 2.30 bits per heavy atom. The smallest absolute Gasteiger partial charge is 0.240 e. The number of hydrogen-bond donors (Lipinski definition) is 3. The number of amides is 1. The first-order chi connectivity index (χ1) is 11.3. The molecule has 7 nitrogen and oxygen atoms in total. The van der Waals surface area contributed by atoms with Crippen LogP contribution < -0.4 is 10.6 Å². The largest absolute Gasteiger partial charge is 0.395 e. The number of anilines is 1. The number of aliphatic hydroxyl groups is 1. The van der Waals surface area contributed by atoms with Crippen molar-refractivity contribution in [1.82, 2.24) is 14.9 Å². The van der Waals surface area contributed by atoms with Crippen molar-refractivity contribution >= 4 is 22.9 Å². The van der Waals surface area contributed by atoms with Gasteiger partial charge in [-0.1, -0.05) is 12.1 Å². The van der Waals surface area contributed by atoms with Crippen molar-refractivity contribution in [2.24, 2.45) is 0 Å². The van der Waals surface area contributed by atoms with E-state index < -0.39 is 0 Å². The minimum absolute atomic E-state index is 0.00835. The molecule has 1 saturated heterocycles. The molecular formula is C16H22N4O3. The molecule has 7 heteroatoms.